The Hall–Kier alpha value is -4.35. The zero-order valence-electron chi connectivity index (χ0n) is 20.0. The van der Waals surface area contributed by atoms with E-state index in [-0.39, 0.29) is 30.0 Å². The first-order valence-corrected chi connectivity index (χ1v) is 11.2. The van der Waals surface area contributed by atoms with Crippen LogP contribution in [-0.4, -0.2) is 63.6 Å². The van der Waals surface area contributed by atoms with Gasteiger partial charge in [-0.3, -0.25) is 14.9 Å². The summed E-state index contributed by atoms with van der Waals surface area (Å²) in [6.45, 7) is -2.77. The number of ether oxygens (including phenoxy) is 1. The molecule has 0 atom stereocenters. The second-order valence-electron chi connectivity index (χ2n) is 8.31. The summed E-state index contributed by atoms with van der Waals surface area (Å²) in [6.07, 6.45) is 6.15. The summed E-state index contributed by atoms with van der Waals surface area (Å²) in [7, 11) is 5.16. The summed E-state index contributed by atoms with van der Waals surface area (Å²) < 4.78 is 31.3. The second kappa shape index (κ2) is 10.5. The maximum absolute atomic E-state index is 12.5. The molecule has 10 nitrogen and oxygen atoms in total. The van der Waals surface area contributed by atoms with Crippen LogP contribution >= 0.6 is 0 Å². The molecule has 0 radical (unpaired) electrons. The van der Waals surface area contributed by atoms with E-state index in [1.807, 2.05) is 7.05 Å². The molecule has 3 N–H and O–H groups in total. The molecule has 0 spiro atoms. The number of carbonyl (C=O) groups excluding carboxylic acids is 1. The molecule has 0 bridgehead atoms. The van der Waals surface area contributed by atoms with Gasteiger partial charge in [-0.05, 0) is 48.7 Å². The maximum atomic E-state index is 12.5. The van der Waals surface area contributed by atoms with Crippen LogP contribution in [0.4, 0.5) is 14.7 Å². The monoisotopic (exact) mass is 496 g/mol. The van der Waals surface area contributed by atoms with E-state index in [0.29, 0.717) is 5.69 Å². The lowest BCUT2D eigenvalue weighted by Gasteiger charge is -2.17. The fourth-order valence-electron chi connectivity index (χ4n) is 3.86. The summed E-state index contributed by atoms with van der Waals surface area (Å²) in [5, 5.41) is 18.5. The largest absolute Gasteiger partial charge is 0.435 e. The van der Waals surface area contributed by atoms with Crippen molar-refractivity contribution in [2.45, 2.75) is 19.5 Å². The van der Waals surface area contributed by atoms with Crippen molar-refractivity contribution in [2.75, 3.05) is 26.0 Å². The predicted octanol–water partition coefficient (Wildman–Crippen LogP) is 2.82. The third kappa shape index (κ3) is 5.48. The van der Waals surface area contributed by atoms with Crippen molar-refractivity contribution in [3.8, 4) is 28.3 Å². The number of anilines is 1. The van der Waals surface area contributed by atoms with Gasteiger partial charge in [0.05, 0.1) is 23.6 Å². The van der Waals surface area contributed by atoms with Crippen molar-refractivity contribution in [1.82, 2.24) is 30.0 Å². The van der Waals surface area contributed by atoms with E-state index in [1.54, 1.807) is 37.1 Å². The van der Waals surface area contributed by atoms with E-state index < -0.39 is 6.61 Å². The summed E-state index contributed by atoms with van der Waals surface area (Å²) in [6, 6.07) is 6.40. The Labute approximate surface area is 206 Å². The minimum atomic E-state index is -2.89. The first-order chi connectivity index (χ1) is 17.2. The molecule has 0 unspecified atom stereocenters. The fourth-order valence-corrected chi connectivity index (χ4v) is 3.86. The van der Waals surface area contributed by atoms with Crippen molar-refractivity contribution in [3.05, 3.63) is 54.0 Å². The number of fused-ring (bicyclic) bond motifs is 3. The number of hydrogen-bond donors (Lipinski definition) is 3. The first kappa shape index (κ1) is 24.8. The molecule has 0 saturated heterocycles. The number of benzene rings is 1. The van der Waals surface area contributed by atoms with Crippen LogP contribution < -0.4 is 15.4 Å². The van der Waals surface area contributed by atoms with Crippen LogP contribution in [0.1, 0.15) is 11.3 Å². The minimum Gasteiger partial charge on any atom is -0.435 e. The van der Waals surface area contributed by atoms with Crippen molar-refractivity contribution in [1.29, 1.82) is 5.41 Å². The normalized spacial score (nSPS) is 12.3. The lowest BCUT2D eigenvalue weighted by atomic mass is 9.91. The van der Waals surface area contributed by atoms with Crippen molar-refractivity contribution < 1.29 is 18.3 Å². The number of likely N-dealkylation sites (N-methyl/N-ethyl adjacent to an activating group) is 1. The van der Waals surface area contributed by atoms with Crippen LogP contribution in [0, 0.1) is 5.41 Å². The molecule has 3 aromatic rings. The highest BCUT2D eigenvalue weighted by molar-refractivity contribution is 6.00. The Morgan fingerprint density at radius 2 is 2.03 bits per heavy atom. The number of alkyl halides is 2. The molecule has 1 aliphatic rings. The third-order valence-corrected chi connectivity index (χ3v) is 5.57. The summed E-state index contributed by atoms with van der Waals surface area (Å²) in [5.41, 5.74) is 4.95. The highest BCUT2D eigenvalue weighted by atomic mass is 19.3. The summed E-state index contributed by atoms with van der Waals surface area (Å²) >= 11 is 0. The van der Waals surface area contributed by atoms with Gasteiger partial charge in [-0.2, -0.15) is 13.9 Å². The number of amidine groups is 1. The molecule has 0 fully saturated rings. The standard InChI is InChI=1S/C24H26F2N8O2/c1-33(2)19(35)13-28-11-10-18(27)30-24-29-12-15-6-9-17-20(21(15)31-24)22(34(3)32-17)14-4-7-16(8-5-14)36-23(25)26/h4-5,7-8,10-12,23,28H,6,9,13H2,1-3H3,(H2,27,29,30,31)/b11-10-. The van der Waals surface area contributed by atoms with Crippen molar-refractivity contribution in [2.24, 2.45) is 7.05 Å². The number of nitrogens with zero attached hydrogens (tertiary/aromatic N) is 5. The number of nitrogens with one attached hydrogen (secondary N) is 3. The summed E-state index contributed by atoms with van der Waals surface area (Å²) in [4.78, 5) is 22.1. The van der Waals surface area contributed by atoms with E-state index in [2.05, 4.69) is 30.4 Å². The van der Waals surface area contributed by atoms with Gasteiger partial charge < -0.3 is 20.3 Å². The minimum absolute atomic E-state index is 0.0387. The van der Waals surface area contributed by atoms with Gasteiger partial charge in [0.25, 0.3) is 0 Å². The molecule has 2 heterocycles. The van der Waals surface area contributed by atoms with Gasteiger partial charge in [0.2, 0.25) is 11.9 Å². The maximum Gasteiger partial charge on any atom is 0.387 e. The van der Waals surface area contributed by atoms with Gasteiger partial charge in [0.1, 0.15) is 11.6 Å². The molecule has 36 heavy (non-hydrogen) atoms. The smallest absolute Gasteiger partial charge is 0.387 e. The molecule has 2 aromatic heterocycles. The Kier molecular flexibility index (Phi) is 7.23. The number of rotatable bonds is 8. The molecule has 12 heteroatoms. The van der Waals surface area contributed by atoms with Gasteiger partial charge in [0.15, 0.2) is 0 Å². The third-order valence-electron chi connectivity index (χ3n) is 5.57. The Morgan fingerprint density at radius 3 is 2.72 bits per heavy atom. The molecule has 0 saturated carbocycles. The van der Waals surface area contributed by atoms with E-state index in [1.165, 1.54) is 29.3 Å². The molecule has 1 amide bonds. The van der Waals surface area contributed by atoms with Crippen molar-refractivity contribution in [3.63, 3.8) is 0 Å². The number of carbonyl (C=O) groups is 1. The van der Waals surface area contributed by atoms with Crippen LogP contribution in [0.25, 0.3) is 22.5 Å². The van der Waals surface area contributed by atoms with E-state index in [0.717, 1.165) is 40.9 Å². The van der Waals surface area contributed by atoms with Crippen LogP contribution in [0.15, 0.2) is 42.7 Å². The highest BCUT2D eigenvalue weighted by Gasteiger charge is 2.27. The van der Waals surface area contributed by atoms with Gasteiger partial charge >= 0.3 is 6.61 Å². The topological polar surface area (TPSA) is 121 Å². The molecule has 4 rings (SSSR count). The number of hydrogen-bond acceptors (Lipinski definition) is 7. The average Bonchev–Trinajstić information content (AvgIpc) is 3.18. The van der Waals surface area contributed by atoms with Crippen molar-refractivity contribution >= 4 is 17.7 Å². The molecule has 1 aliphatic carbocycles. The Morgan fingerprint density at radius 1 is 1.28 bits per heavy atom. The number of aromatic nitrogens is 4. The zero-order valence-corrected chi connectivity index (χ0v) is 20.0. The lowest BCUT2D eigenvalue weighted by molar-refractivity contribution is -0.127. The molecular weight excluding hydrogens is 470 g/mol. The van der Waals surface area contributed by atoms with Crippen LogP contribution in [0.2, 0.25) is 0 Å². The quantitative estimate of drug-likeness (QED) is 0.324. The molecule has 1 aromatic carbocycles. The SMILES string of the molecule is CN(C)C(=O)CN/C=C\C(=N)Nc1ncc2c(n1)-c1c(nn(C)c1-c1ccc(OC(F)F)cc1)CC2. The first-order valence-electron chi connectivity index (χ1n) is 11.2. The van der Waals surface area contributed by atoms with Crippen LogP contribution in [0.3, 0.4) is 0 Å². The second-order valence-corrected chi connectivity index (χ2v) is 8.31. The molecule has 0 aliphatic heterocycles. The summed E-state index contributed by atoms with van der Waals surface area (Å²) in [5.74, 6) is 0.274. The van der Waals surface area contributed by atoms with E-state index >= 15 is 0 Å². The van der Waals surface area contributed by atoms with E-state index in [4.69, 9.17) is 5.41 Å². The number of aryl methyl sites for hydroxylation is 3. The van der Waals surface area contributed by atoms with E-state index in [9.17, 15) is 13.6 Å². The molecule has 188 valence electrons. The van der Waals surface area contributed by atoms with Gasteiger partial charge in [-0.25, -0.2) is 9.97 Å². The number of halogens is 2. The number of amides is 1. The Balaban J connectivity index is 1.56. The molecular formula is C24H26F2N8O2. The average molecular weight is 497 g/mol. The Bertz CT molecular complexity index is 1300. The zero-order chi connectivity index (χ0) is 25.8. The van der Waals surface area contributed by atoms with Gasteiger partial charge in [-0.1, -0.05) is 0 Å². The predicted molar refractivity (Wildman–Crippen MR) is 131 cm³/mol. The lowest BCUT2D eigenvalue weighted by Crippen LogP contribution is -2.30. The van der Waals surface area contributed by atoms with Gasteiger partial charge in [-0.15, -0.1) is 0 Å². The fraction of sp³-hybridized carbons (Fsp3) is 0.292. The van der Waals surface area contributed by atoms with Crippen LogP contribution in [0.5, 0.6) is 5.75 Å². The van der Waals surface area contributed by atoms with Gasteiger partial charge in [0, 0.05) is 44.7 Å². The van der Waals surface area contributed by atoms with Crippen LogP contribution in [-0.2, 0) is 24.7 Å². The highest BCUT2D eigenvalue weighted by Crippen LogP contribution is 2.39.